The number of hydrogen-bond donors (Lipinski definition) is 3. The third kappa shape index (κ3) is 63.0. The number of quaternary nitrogens is 1. The summed E-state index contributed by atoms with van der Waals surface area (Å²) in [6.07, 6.45) is 87.7. The number of aliphatic hydroxyl groups is 1. The van der Waals surface area contributed by atoms with E-state index in [1.165, 1.54) is 180 Å². The van der Waals surface area contributed by atoms with Crippen molar-refractivity contribution in [3.05, 3.63) is 97.2 Å². The minimum absolute atomic E-state index is 0.0715. The number of amides is 1. The second-order valence-electron chi connectivity index (χ2n) is 23.8. The summed E-state index contributed by atoms with van der Waals surface area (Å²) >= 11 is 0. The topological polar surface area (TPSA) is 105 Å². The summed E-state index contributed by atoms with van der Waals surface area (Å²) in [7, 11) is 1.61. The van der Waals surface area contributed by atoms with Crippen LogP contribution in [0.5, 0.6) is 0 Å². The molecule has 0 aromatic carbocycles. The molecule has 8 nitrogen and oxygen atoms in total. The molecule has 0 heterocycles. The van der Waals surface area contributed by atoms with Crippen molar-refractivity contribution >= 4 is 13.7 Å². The van der Waals surface area contributed by atoms with Crippen LogP contribution >= 0.6 is 7.82 Å². The zero-order valence-electron chi connectivity index (χ0n) is 53.0. The first kappa shape index (κ1) is 77.4. The van der Waals surface area contributed by atoms with Gasteiger partial charge in [0.05, 0.1) is 39.9 Å². The summed E-state index contributed by atoms with van der Waals surface area (Å²) < 4.78 is 23.9. The molecule has 9 heteroatoms. The molecule has 0 aliphatic carbocycles. The average Bonchev–Trinajstić information content (AvgIpc) is 3.42. The van der Waals surface area contributed by atoms with Crippen molar-refractivity contribution in [1.29, 1.82) is 0 Å². The number of allylic oxidation sites excluding steroid dienone is 16. The summed E-state index contributed by atoms with van der Waals surface area (Å²) in [5.74, 6) is -0.147. The zero-order valence-corrected chi connectivity index (χ0v) is 53.9. The molecule has 0 radical (unpaired) electrons. The molecule has 0 aliphatic heterocycles. The molecule has 3 atom stereocenters. The van der Waals surface area contributed by atoms with E-state index in [2.05, 4.69) is 116 Å². The summed E-state index contributed by atoms with van der Waals surface area (Å²) in [6, 6.07) is -0.768. The van der Waals surface area contributed by atoms with Crippen LogP contribution in [0.2, 0.25) is 0 Å². The van der Waals surface area contributed by atoms with Crippen LogP contribution in [0.1, 0.15) is 296 Å². The van der Waals surface area contributed by atoms with Gasteiger partial charge in [-0.3, -0.25) is 13.8 Å². The lowest BCUT2D eigenvalue weighted by atomic mass is 10.0. The Hall–Kier alpha value is -2.58. The zero-order chi connectivity index (χ0) is 58.4. The minimum Gasteiger partial charge on any atom is -0.391 e. The Morgan fingerprint density at radius 1 is 0.438 bits per heavy atom. The van der Waals surface area contributed by atoms with E-state index in [0.29, 0.717) is 23.9 Å². The van der Waals surface area contributed by atoms with Gasteiger partial charge in [0.1, 0.15) is 13.2 Å². The summed E-state index contributed by atoms with van der Waals surface area (Å²) in [6.45, 7) is 4.80. The molecule has 0 aromatic heterocycles. The number of carbonyl (C=O) groups is 1. The first-order valence-electron chi connectivity index (χ1n) is 33.6. The largest absolute Gasteiger partial charge is 0.472 e. The molecule has 0 bridgehead atoms. The Morgan fingerprint density at radius 3 is 1.10 bits per heavy atom. The van der Waals surface area contributed by atoms with Crippen molar-refractivity contribution in [2.75, 3.05) is 40.9 Å². The standard InChI is InChI=1S/C71H129N2O6P/c1-6-8-10-12-14-16-18-20-22-24-26-28-29-30-31-32-33-34-35-36-37-38-39-40-41-42-43-45-47-49-51-53-55-57-59-61-63-65-71(75)72-69(68-79-80(76,77)78-67-66-73(3,4)5)70(74)64-62-60-58-56-54-52-50-48-46-44-27-25-23-21-19-17-15-13-11-9-7-2/h8,10,14,16,20,22,26,28,30-31,33-34,36-37,39-40,69-70,74H,6-7,9,11-13,15,17-19,21,23-25,27,29,32,35,38,41-68H2,1-5H3,(H-,72,75,76,77)/p+1/b10-8-,16-14-,22-20-,28-26-,31-30-,34-33-,37-36-,40-39-. The fourth-order valence-electron chi connectivity index (χ4n) is 9.65. The number of aliphatic hydroxyl groups excluding tert-OH is 1. The van der Waals surface area contributed by atoms with Gasteiger partial charge in [-0.2, -0.15) is 0 Å². The molecule has 3 N–H and O–H groups in total. The van der Waals surface area contributed by atoms with Crippen molar-refractivity contribution in [1.82, 2.24) is 5.32 Å². The van der Waals surface area contributed by atoms with Gasteiger partial charge < -0.3 is 19.8 Å². The lowest BCUT2D eigenvalue weighted by molar-refractivity contribution is -0.870. The van der Waals surface area contributed by atoms with Crippen LogP contribution in [-0.4, -0.2) is 73.4 Å². The van der Waals surface area contributed by atoms with Crippen molar-refractivity contribution < 1.29 is 32.9 Å². The molecule has 0 saturated carbocycles. The molecular formula is C71H130N2O6P+. The normalized spacial score (nSPS) is 14.3. The lowest BCUT2D eigenvalue weighted by Gasteiger charge is -2.26. The number of carbonyl (C=O) groups excluding carboxylic acids is 1. The average molecular weight is 1140 g/mol. The van der Waals surface area contributed by atoms with Crippen LogP contribution in [0.4, 0.5) is 0 Å². The number of likely N-dealkylation sites (N-methyl/N-ethyl adjacent to an activating group) is 1. The van der Waals surface area contributed by atoms with Crippen LogP contribution in [0.3, 0.4) is 0 Å². The molecule has 0 saturated heterocycles. The quantitative estimate of drug-likeness (QED) is 0.0243. The van der Waals surface area contributed by atoms with Gasteiger partial charge in [-0.05, 0) is 77.0 Å². The molecule has 0 fully saturated rings. The molecule has 464 valence electrons. The van der Waals surface area contributed by atoms with E-state index in [0.717, 1.165) is 89.9 Å². The van der Waals surface area contributed by atoms with Crippen molar-refractivity contribution in [2.45, 2.75) is 309 Å². The van der Waals surface area contributed by atoms with E-state index in [1.54, 1.807) is 0 Å². The number of unbranched alkanes of at least 4 members (excludes halogenated alkanes) is 32. The summed E-state index contributed by atoms with van der Waals surface area (Å²) in [5.41, 5.74) is 0. The van der Waals surface area contributed by atoms with Gasteiger partial charge in [0.25, 0.3) is 0 Å². The summed E-state index contributed by atoms with van der Waals surface area (Å²) in [4.78, 5) is 23.4. The summed E-state index contributed by atoms with van der Waals surface area (Å²) in [5, 5.41) is 14.1. The third-order valence-corrected chi connectivity index (χ3v) is 15.8. The highest BCUT2D eigenvalue weighted by atomic mass is 31.2. The maximum absolute atomic E-state index is 13.1. The smallest absolute Gasteiger partial charge is 0.391 e. The van der Waals surface area contributed by atoms with E-state index in [1.807, 2.05) is 21.1 Å². The molecular weight excluding hydrogens is 1010 g/mol. The molecule has 0 aromatic rings. The van der Waals surface area contributed by atoms with Gasteiger partial charge in [0.15, 0.2) is 0 Å². The monoisotopic (exact) mass is 1140 g/mol. The lowest BCUT2D eigenvalue weighted by Crippen LogP contribution is -2.46. The molecule has 0 aliphatic rings. The third-order valence-electron chi connectivity index (χ3n) is 14.8. The molecule has 0 rings (SSSR count). The Labute approximate surface area is 496 Å². The van der Waals surface area contributed by atoms with Gasteiger partial charge in [-0.15, -0.1) is 0 Å². The van der Waals surface area contributed by atoms with Crippen molar-refractivity contribution in [2.24, 2.45) is 0 Å². The predicted octanol–water partition coefficient (Wildman–Crippen LogP) is 21.3. The Kier molecular flexibility index (Phi) is 59.0. The Morgan fingerprint density at radius 2 is 0.750 bits per heavy atom. The first-order valence-corrected chi connectivity index (χ1v) is 35.1. The maximum atomic E-state index is 13.1. The minimum atomic E-state index is -4.33. The number of nitrogens with one attached hydrogen (secondary N) is 1. The fraction of sp³-hybridized carbons (Fsp3) is 0.761. The maximum Gasteiger partial charge on any atom is 0.472 e. The Balaban J connectivity index is 4.07. The molecule has 3 unspecified atom stereocenters. The number of hydrogen-bond acceptors (Lipinski definition) is 5. The van der Waals surface area contributed by atoms with E-state index < -0.39 is 20.0 Å². The van der Waals surface area contributed by atoms with Gasteiger partial charge in [0.2, 0.25) is 5.91 Å². The van der Waals surface area contributed by atoms with E-state index in [-0.39, 0.29) is 19.1 Å². The second kappa shape index (κ2) is 61.0. The first-order chi connectivity index (χ1) is 39.0. The Bertz CT molecular complexity index is 1620. The van der Waals surface area contributed by atoms with Crippen molar-refractivity contribution in [3.63, 3.8) is 0 Å². The van der Waals surface area contributed by atoms with Crippen LogP contribution < -0.4 is 5.32 Å². The highest BCUT2D eigenvalue weighted by Gasteiger charge is 2.28. The predicted molar refractivity (Wildman–Crippen MR) is 350 cm³/mol. The van der Waals surface area contributed by atoms with Crippen LogP contribution in [0.15, 0.2) is 97.2 Å². The van der Waals surface area contributed by atoms with Gasteiger partial charge in [-0.25, -0.2) is 4.57 Å². The van der Waals surface area contributed by atoms with Crippen LogP contribution in [0.25, 0.3) is 0 Å². The fourth-order valence-corrected chi connectivity index (χ4v) is 10.4. The van der Waals surface area contributed by atoms with E-state index in [4.69, 9.17) is 9.05 Å². The number of phosphoric ester groups is 1. The SMILES string of the molecule is CC/C=C\C/C=C\C/C=C\C/C=C\C/C=C\C/C=C\C/C=C\C/C=C\CCCCCCCCCCCCCCC(=O)NC(COP(=O)(O)OCC[N+](C)(C)C)C(O)CCCCCCCCCCCCCCCCCCCCCCC. The number of phosphoric acid groups is 1. The van der Waals surface area contributed by atoms with E-state index >= 15 is 0 Å². The van der Waals surface area contributed by atoms with Crippen molar-refractivity contribution in [3.8, 4) is 0 Å². The number of nitrogens with zero attached hydrogens (tertiary/aromatic N) is 1. The molecule has 1 amide bonds. The van der Waals surface area contributed by atoms with Crippen LogP contribution in [-0.2, 0) is 18.4 Å². The highest BCUT2D eigenvalue weighted by Crippen LogP contribution is 2.43. The van der Waals surface area contributed by atoms with E-state index in [9.17, 15) is 19.4 Å². The van der Waals surface area contributed by atoms with Gasteiger partial charge in [-0.1, -0.05) is 310 Å². The highest BCUT2D eigenvalue weighted by molar-refractivity contribution is 7.47. The number of rotatable bonds is 61. The second-order valence-corrected chi connectivity index (χ2v) is 25.3. The van der Waals surface area contributed by atoms with Gasteiger partial charge in [0, 0.05) is 6.42 Å². The van der Waals surface area contributed by atoms with Gasteiger partial charge >= 0.3 is 7.82 Å². The van der Waals surface area contributed by atoms with Crippen LogP contribution in [0, 0.1) is 0 Å². The molecule has 80 heavy (non-hydrogen) atoms. The molecule has 0 spiro atoms.